The van der Waals surface area contributed by atoms with Gasteiger partial charge in [-0.25, -0.2) is 9.37 Å². The van der Waals surface area contributed by atoms with E-state index in [1.807, 2.05) is 30.6 Å². The molecule has 1 aliphatic rings. The molecule has 0 spiro atoms. The van der Waals surface area contributed by atoms with Gasteiger partial charge in [0.15, 0.2) is 0 Å². The van der Waals surface area contributed by atoms with Gasteiger partial charge in [0.05, 0.1) is 12.2 Å². The minimum atomic E-state index is -0.296. The van der Waals surface area contributed by atoms with Crippen molar-refractivity contribution < 1.29 is 14.0 Å². The number of nitrogens with zero attached hydrogens (tertiary/aromatic N) is 4. The van der Waals surface area contributed by atoms with Crippen LogP contribution >= 0.6 is 11.3 Å². The lowest BCUT2D eigenvalue weighted by atomic mass is 10.2. The van der Waals surface area contributed by atoms with Crippen LogP contribution in [0.1, 0.15) is 29.2 Å². The summed E-state index contributed by atoms with van der Waals surface area (Å²) in [6.07, 6.45) is 0. The Balaban J connectivity index is 1.61. The Hall–Kier alpha value is -2.32. The summed E-state index contributed by atoms with van der Waals surface area (Å²) in [7, 11) is 0. The van der Waals surface area contributed by atoms with Gasteiger partial charge in [0.2, 0.25) is 5.91 Å². The van der Waals surface area contributed by atoms with Crippen LogP contribution in [-0.2, 0) is 4.79 Å². The van der Waals surface area contributed by atoms with Crippen LogP contribution in [0, 0.1) is 12.7 Å². The zero-order chi connectivity index (χ0) is 21.0. The fraction of sp³-hybridized carbons (Fsp3) is 0.476. The van der Waals surface area contributed by atoms with Crippen LogP contribution in [0.4, 0.5) is 4.39 Å². The Morgan fingerprint density at radius 2 is 1.72 bits per heavy atom. The van der Waals surface area contributed by atoms with Gasteiger partial charge in [-0.15, -0.1) is 11.3 Å². The maximum Gasteiger partial charge on any atom is 0.265 e. The van der Waals surface area contributed by atoms with E-state index in [0.29, 0.717) is 48.3 Å². The zero-order valence-corrected chi connectivity index (χ0v) is 18.0. The van der Waals surface area contributed by atoms with Crippen LogP contribution in [0.15, 0.2) is 24.3 Å². The minimum Gasteiger partial charge on any atom is -0.342 e. The summed E-state index contributed by atoms with van der Waals surface area (Å²) in [5.41, 5.74) is 1.50. The third-order valence-corrected chi connectivity index (χ3v) is 6.41. The van der Waals surface area contributed by atoms with Crippen molar-refractivity contribution in [2.75, 3.05) is 45.8 Å². The predicted octanol–water partition coefficient (Wildman–Crippen LogP) is 2.88. The largest absolute Gasteiger partial charge is 0.342 e. The number of carbonyl (C=O) groups excluding carboxylic acids is 2. The van der Waals surface area contributed by atoms with Gasteiger partial charge in [0.1, 0.15) is 15.7 Å². The molecule has 0 bridgehead atoms. The van der Waals surface area contributed by atoms with E-state index < -0.39 is 0 Å². The van der Waals surface area contributed by atoms with E-state index in [-0.39, 0.29) is 17.6 Å². The van der Waals surface area contributed by atoms with Crippen LogP contribution in [0.25, 0.3) is 10.6 Å². The number of rotatable bonds is 6. The van der Waals surface area contributed by atoms with E-state index >= 15 is 0 Å². The van der Waals surface area contributed by atoms with Crippen molar-refractivity contribution in [3.63, 3.8) is 0 Å². The van der Waals surface area contributed by atoms with E-state index in [1.165, 1.54) is 23.5 Å². The lowest BCUT2D eigenvalue weighted by Gasteiger charge is -2.35. The molecule has 1 aliphatic heterocycles. The maximum atomic E-state index is 13.1. The molecule has 0 N–H and O–H groups in total. The number of piperazine rings is 1. The number of likely N-dealkylation sites (N-methyl/N-ethyl adjacent to an activating group) is 1. The monoisotopic (exact) mass is 418 g/mol. The van der Waals surface area contributed by atoms with E-state index in [4.69, 9.17) is 0 Å². The number of thiazole rings is 1. The Morgan fingerprint density at radius 1 is 1.10 bits per heavy atom. The Morgan fingerprint density at radius 3 is 2.31 bits per heavy atom. The molecule has 0 unspecified atom stereocenters. The molecule has 1 fully saturated rings. The first-order chi connectivity index (χ1) is 13.9. The van der Waals surface area contributed by atoms with Gasteiger partial charge >= 0.3 is 0 Å². The number of carbonyl (C=O) groups is 2. The first-order valence-electron chi connectivity index (χ1n) is 9.95. The summed E-state index contributed by atoms with van der Waals surface area (Å²) in [6, 6.07) is 6.14. The van der Waals surface area contributed by atoms with Crippen molar-refractivity contribution in [1.29, 1.82) is 0 Å². The molecular formula is C21H27FN4O2S. The molecule has 0 atom stereocenters. The number of amides is 2. The van der Waals surface area contributed by atoms with E-state index in [2.05, 4.69) is 9.88 Å². The zero-order valence-electron chi connectivity index (χ0n) is 17.2. The average molecular weight is 419 g/mol. The summed E-state index contributed by atoms with van der Waals surface area (Å²) in [4.78, 5) is 36.2. The van der Waals surface area contributed by atoms with Crippen LogP contribution in [0.5, 0.6) is 0 Å². The van der Waals surface area contributed by atoms with Crippen LogP contribution in [0.2, 0.25) is 0 Å². The van der Waals surface area contributed by atoms with E-state index in [0.717, 1.165) is 18.7 Å². The fourth-order valence-corrected chi connectivity index (χ4v) is 4.47. The second-order valence-corrected chi connectivity index (χ2v) is 8.07. The molecule has 2 amide bonds. The molecule has 2 heterocycles. The second-order valence-electron chi connectivity index (χ2n) is 7.07. The van der Waals surface area contributed by atoms with Crippen molar-refractivity contribution in [1.82, 2.24) is 19.7 Å². The molecule has 2 aromatic rings. The average Bonchev–Trinajstić information content (AvgIpc) is 3.11. The number of aromatic nitrogens is 1. The third kappa shape index (κ3) is 5.00. The van der Waals surface area contributed by atoms with Crippen molar-refractivity contribution in [2.45, 2.75) is 20.8 Å². The summed E-state index contributed by atoms with van der Waals surface area (Å²) in [5, 5.41) is 0.717. The number of benzene rings is 1. The molecule has 1 aromatic carbocycles. The molecule has 156 valence electrons. The SMILES string of the molecule is CCN(CC)C(=O)CN1CCN(C(=O)c2sc(-c3ccc(F)cc3)nc2C)CC1. The third-order valence-electron chi connectivity index (χ3n) is 5.22. The first-order valence-corrected chi connectivity index (χ1v) is 10.8. The van der Waals surface area contributed by atoms with Crippen LogP contribution in [0.3, 0.4) is 0 Å². The van der Waals surface area contributed by atoms with Gasteiger partial charge in [0, 0.05) is 44.8 Å². The van der Waals surface area contributed by atoms with Gasteiger partial charge in [-0.3, -0.25) is 14.5 Å². The number of halogens is 1. The molecule has 0 aliphatic carbocycles. The summed E-state index contributed by atoms with van der Waals surface area (Å²) < 4.78 is 13.1. The quantitative estimate of drug-likeness (QED) is 0.724. The molecule has 8 heteroatoms. The fourth-order valence-electron chi connectivity index (χ4n) is 3.43. The summed E-state index contributed by atoms with van der Waals surface area (Å²) in [5.74, 6) is -0.184. The summed E-state index contributed by atoms with van der Waals surface area (Å²) in [6.45, 7) is 10.2. The summed E-state index contributed by atoms with van der Waals surface area (Å²) >= 11 is 1.34. The number of hydrogen-bond donors (Lipinski definition) is 0. The molecule has 1 aromatic heterocycles. The maximum absolute atomic E-state index is 13.1. The van der Waals surface area contributed by atoms with Crippen LogP contribution < -0.4 is 0 Å². The smallest absolute Gasteiger partial charge is 0.265 e. The molecule has 29 heavy (non-hydrogen) atoms. The first kappa shape index (κ1) is 21.4. The van der Waals surface area contributed by atoms with Crippen LogP contribution in [-0.4, -0.2) is 77.3 Å². The Kier molecular flexibility index (Phi) is 6.97. The highest BCUT2D eigenvalue weighted by molar-refractivity contribution is 7.17. The predicted molar refractivity (Wildman–Crippen MR) is 113 cm³/mol. The topological polar surface area (TPSA) is 56.8 Å². The van der Waals surface area contributed by atoms with Gasteiger partial charge < -0.3 is 9.80 Å². The minimum absolute atomic E-state index is 0.0249. The van der Waals surface area contributed by atoms with Crippen molar-refractivity contribution in [2.24, 2.45) is 0 Å². The highest BCUT2D eigenvalue weighted by Crippen LogP contribution is 2.29. The van der Waals surface area contributed by atoms with Crippen molar-refractivity contribution in [3.05, 3.63) is 40.7 Å². The Labute approximate surface area is 174 Å². The van der Waals surface area contributed by atoms with Gasteiger partial charge in [-0.2, -0.15) is 0 Å². The lowest BCUT2D eigenvalue weighted by Crippen LogP contribution is -2.51. The van der Waals surface area contributed by atoms with Crippen molar-refractivity contribution in [3.8, 4) is 10.6 Å². The van der Waals surface area contributed by atoms with Gasteiger partial charge in [-0.1, -0.05) is 0 Å². The molecular weight excluding hydrogens is 391 g/mol. The second kappa shape index (κ2) is 9.45. The van der Waals surface area contributed by atoms with E-state index in [1.54, 1.807) is 12.1 Å². The number of hydrogen-bond acceptors (Lipinski definition) is 5. The molecule has 0 radical (unpaired) electrons. The normalized spacial score (nSPS) is 14.8. The standard InChI is InChI=1S/C21H27FN4O2S/c1-4-25(5-2)18(27)14-24-10-12-26(13-11-24)21(28)19-15(3)23-20(29-19)16-6-8-17(22)9-7-16/h6-9H,4-5,10-14H2,1-3H3. The lowest BCUT2D eigenvalue weighted by molar-refractivity contribution is -0.132. The molecule has 0 saturated carbocycles. The molecule has 6 nitrogen and oxygen atoms in total. The van der Waals surface area contributed by atoms with Crippen molar-refractivity contribution >= 4 is 23.2 Å². The Bertz CT molecular complexity index is 856. The molecule has 1 saturated heterocycles. The number of aryl methyl sites for hydroxylation is 1. The van der Waals surface area contributed by atoms with Gasteiger partial charge in [-0.05, 0) is 45.0 Å². The van der Waals surface area contributed by atoms with E-state index in [9.17, 15) is 14.0 Å². The highest BCUT2D eigenvalue weighted by atomic mass is 32.1. The highest BCUT2D eigenvalue weighted by Gasteiger charge is 2.27. The van der Waals surface area contributed by atoms with Gasteiger partial charge in [0.25, 0.3) is 5.91 Å². The molecule has 3 rings (SSSR count).